The van der Waals surface area contributed by atoms with Gasteiger partial charge in [0.1, 0.15) is 5.82 Å². The fourth-order valence-electron chi connectivity index (χ4n) is 3.36. The molecule has 3 N–H and O–H groups in total. The minimum atomic E-state index is -0.669. The molecule has 25 heavy (non-hydrogen) atoms. The Morgan fingerprint density at radius 3 is 2.68 bits per heavy atom. The number of nitrogens with two attached hydrogens (primary N) is 1. The molecule has 0 aliphatic carbocycles. The number of primary amides is 1. The molecule has 0 unspecified atom stereocenters. The van der Waals surface area contributed by atoms with Crippen LogP contribution in [0.5, 0.6) is 0 Å². The summed E-state index contributed by atoms with van der Waals surface area (Å²) in [6.07, 6.45) is 3.67. The van der Waals surface area contributed by atoms with Crippen molar-refractivity contribution in [3.63, 3.8) is 0 Å². The number of aromatic nitrogens is 1. The van der Waals surface area contributed by atoms with Crippen LogP contribution >= 0.6 is 0 Å². The zero-order chi connectivity index (χ0) is 18.3. The van der Waals surface area contributed by atoms with Crippen LogP contribution in [-0.4, -0.2) is 34.8 Å². The van der Waals surface area contributed by atoms with E-state index in [4.69, 9.17) is 5.73 Å². The van der Waals surface area contributed by atoms with Gasteiger partial charge in [-0.05, 0) is 43.5 Å². The fraction of sp³-hybridized carbons (Fsp3) is 0.263. The van der Waals surface area contributed by atoms with Crippen LogP contribution in [0.25, 0.3) is 16.5 Å². The number of fused-ring (bicyclic) bond motifs is 1. The average Bonchev–Trinajstić information content (AvgIpc) is 2.89. The van der Waals surface area contributed by atoms with Crippen LogP contribution in [0.4, 0.5) is 4.39 Å². The lowest BCUT2D eigenvalue weighted by Gasteiger charge is -2.26. The molecule has 1 aromatic heterocycles. The molecular weight excluding hydrogens is 321 g/mol. The number of aryl methyl sites for hydroxylation is 2. The molecular formula is C19H20FN3O2. The number of carbonyl (C=O) groups excluding carboxylic acids is 2. The predicted octanol–water partition coefficient (Wildman–Crippen LogP) is 2.82. The van der Waals surface area contributed by atoms with Crippen molar-refractivity contribution in [2.75, 3.05) is 13.1 Å². The van der Waals surface area contributed by atoms with Gasteiger partial charge < -0.3 is 15.6 Å². The maximum absolute atomic E-state index is 14.9. The van der Waals surface area contributed by atoms with E-state index >= 15 is 0 Å². The minimum absolute atomic E-state index is 0.140. The predicted molar refractivity (Wildman–Crippen MR) is 95.6 cm³/mol. The summed E-state index contributed by atoms with van der Waals surface area (Å²) in [5.74, 6) is -1.28. The quantitative estimate of drug-likeness (QED) is 0.842. The molecule has 1 aromatic carbocycles. The van der Waals surface area contributed by atoms with Crippen LogP contribution in [0.1, 0.15) is 33.6 Å². The number of aromatic amines is 1. The Morgan fingerprint density at radius 2 is 2.12 bits per heavy atom. The van der Waals surface area contributed by atoms with E-state index in [2.05, 4.69) is 11.6 Å². The minimum Gasteiger partial charge on any atom is -0.366 e. The van der Waals surface area contributed by atoms with Gasteiger partial charge in [0.2, 0.25) is 5.91 Å². The fourth-order valence-corrected chi connectivity index (χ4v) is 3.36. The monoisotopic (exact) mass is 341 g/mol. The van der Waals surface area contributed by atoms with E-state index in [0.717, 1.165) is 16.8 Å². The Labute approximate surface area is 145 Å². The van der Waals surface area contributed by atoms with Crippen molar-refractivity contribution >= 4 is 28.3 Å². The summed E-state index contributed by atoms with van der Waals surface area (Å²) in [4.78, 5) is 28.2. The molecule has 3 rings (SSSR count). The SMILES string of the molecule is C=CC(=O)N1CC=C(c2c(F)cc(C(N)=O)c3[nH]c(C)c(C)c23)CC1. The molecule has 0 radical (unpaired) electrons. The number of halogens is 1. The van der Waals surface area contributed by atoms with Crippen LogP contribution in [0.15, 0.2) is 24.8 Å². The van der Waals surface area contributed by atoms with Gasteiger partial charge in [0.15, 0.2) is 0 Å². The maximum atomic E-state index is 14.9. The van der Waals surface area contributed by atoms with Gasteiger partial charge in [0.25, 0.3) is 5.91 Å². The Kier molecular flexibility index (Phi) is 4.20. The van der Waals surface area contributed by atoms with Crippen molar-refractivity contribution < 1.29 is 14.0 Å². The van der Waals surface area contributed by atoms with Crippen molar-refractivity contribution in [1.29, 1.82) is 0 Å². The number of rotatable bonds is 3. The normalized spacial score (nSPS) is 14.5. The highest BCUT2D eigenvalue weighted by molar-refractivity contribution is 6.09. The zero-order valence-corrected chi connectivity index (χ0v) is 14.3. The number of benzene rings is 1. The van der Waals surface area contributed by atoms with Gasteiger partial charge >= 0.3 is 0 Å². The summed E-state index contributed by atoms with van der Waals surface area (Å²) in [5, 5.41) is 0.682. The maximum Gasteiger partial charge on any atom is 0.250 e. The lowest BCUT2D eigenvalue weighted by atomic mass is 9.92. The Hall–Kier alpha value is -2.89. The van der Waals surface area contributed by atoms with E-state index in [1.165, 1.54) is 12.1 Å². The average molecular weight is 341 g/mol. The lowest BCUT2D eigenvalue weighted by Crippen LogP contribution is -2.33. The number of H-pyrrole nitrogens is 1. The molecule has 5 nitrogen and oxygen atoms in total. The van der Waals surface area contributed by atoms with Crippen molar-refractivity contribution in [3.8, 4) is 0 Å². The third-order valence-electron chi connectivity index (χ3n) is 4.81. The first-order valence-electron chi connectivity index (χ1n) is 8.07. The van der Waals surface area contributed by atoms with Gasteiger partial charge in [0.05, 0.1) is 11.1 Å². The lowest BCUT2D eigenvalue weighted by molar-refractivity contribution is -0.125. The van der Waals surface area contributed by atoms with E-state index < -0.39 is 11.7 Å². The van der Waals surface area contributed by atoms with Crippen molar-refractivity contribution in [3.05, 3.63) is 53.0 Å². The second-order valence-corrected chi connectivity index (χ2v) is 6.24. The molecule has 2 amide bonds. The molecule has 0 spiro atoms. The van der Waals surface area contributed by atoms with Gasteiger partial charge in [-0.15, -0.1) is 0 Å². The van der Waals surface area contributed by atoms with Crippen LogP contribution in [0.2, 0.25) is 0 Å². The number of nitrogens with zero attached hydrogens (tertiary/aromatic N) is 1. The third kappa shape index (κ3) is 2.73. The number of hydrogen-bond acceptors (Lipinski definition) is 2. The Morgan fingerprint density at radius 1 is 1.40 bits per heavy atom. The standard InChI is InChI=1S/C19H20FN3O2/c1-4-15(24)23-7-5-12(6-8-23)17-14(20)9-13(19(21)25)18-16(17)10(2)11(3)22-18/h4-5,9,22H,1,6-8H2,2-3H3,(H2,21,25). The number of carbonyl (C=O) groups is 2. The molecule has 2 heterocycles. The number of amides is 2. The molecule has 0 saturated heterocycles. The van der Waals surface area contributed by atoms with Crippen LogP contribution in [0, 0.1) is 19.7 Å². The molecule has 2 aromatic rings. The second-order valence-electron chi connectivity index (χ2n) is 6.24. The molecule has 1 aliphatic heterocycles. The molecule has 1 aliphatic rings. The van der Waals surface area contributed by atoms with E-state index in [-0.39, 0.29) is 11.5 Å². The topological polar surface area (TPSA) is 79.2 Å². The van der Waals surface area contributed by atoms with E-state index in [1.54, 1.807) is 4.90 Å². The number of nitrogens with one attached hydrogen (secondary N) is 1. The van der Waals surface area contributed by atoms with E-state index in [9.17, 15) is 14.0 Å². The summed E-state index contributed by atoms with van der Waals surface area (Å²) < 4.78 is 14.9. The summed E-state index contributed by atoms with van der Waals surface area (Å²) >= 11 is 0. The van der Waals surface area contributed by atoms with E-state index in [0.29, 0.717) is 36.0 Å². The molecule has 6 heteroatoms. The summed E-state index contributed by atoms with van der Waals surface area (Å²) in [5.41, 5.74) is 9.17. The summed E-state index contributed by atoms with van der Waals surface area (Å²) in [7, 11) is 0. The van der Waals surface area contributed by atoms with Gasteiger partial charge in [0, 0.05) is 29.7 Å². The van der Waals surface area contributed by atoms with Crippen molar-refractivity contribution in [2.24, 2.45) is 5.73 Å². The second kappa shape index (κ2) is 6.20. The highest BCUT2D eigenvalue weighted by Gasteiger charge is 2.24. The van der Waals surface area contributed by atoms with Gasteiger partial charge in [-0.25, -0.2) is 4.39 Å². The van der Waals surface area contributed by atoms with E-state index in [1.807, 2.05) is 19.9 Å². The third-order valence-corrected chi connectivity index (χ3v) is 4.81. The van der Waals surface area contributed by atoms with Crippen molar-refractivity contribution in [1.82, 2.24) is 9.88 Å². The molecule has 0 atom stereocenters. The van der Waals surface area contributed by atoms with Crippen LogP contribution < -0.4 is 5.73 Å². The molecule has 0 saturated carbocycles. The highest BCUT2D eigenvalue weighted by Crippen LogP contribution is 2.36. The summed E-state index contributed by atoms with van der Waals surface area (Å²) in [6, 6.07) is 1.19. The van der Waals surface area contributed by atoms with Gasteiger partial charge in [-0.3, -0.25) is 9.59 Å². The first-order chi connectivity index (χ1) is 11.8. The number of hydrogen-bond donors (Lipinski definition) is 2. The van der Waals surface area contributed by atoms with Crippen LogP contribution in [0.3, 0.4) is 0 Å². The molecule has 0 bridgehead atoms. The smallest absolute Gasteiger partial charge is 0.250 e. The molecule has 130 valence electrons. The highest BCUT2D eigenvalue weighted by atomic mass is 19.1. The van der Waals surface area contributed by atoms with Gasteiger partial charge in [-0.1, -0.05) is 12.7 Å². The van der Waals surface area contributed by atoms with Gasteiger partial charge in [-0.2, -0.15) is 0 Å². The zero-order valence-electron chi connectivity index (χ0n) is 14.3. The summed E-state index contributed by atoms with van der Waals surface area (Å²) in [6.45, 7) is 8.15. The first-order valence-corrected chi connectivity index (χ1v) is 8.07. The largest absolute Gasteiger partial charge is 0.366 e. The van der Waals surface area contributed by atoms with Crippen molar-refractivity contribution in [2.45, 2.75) is 20.3 Å². The molecule has 0 fully saturated rings. The Bertz CT molecular complexity index is 940. The Balaban J connectivity index is 2.18. The van der Waals surface area contributed by atoms with Crippen LogP contribution in [-0.2, 0) is 4.79 Å². The first kappa shape index (κ1) is 17.0.